The number of rotatable bonds is 16. The summed E-state index contributed by atoms with van der Waals surface area (Å²) in [5.74, 6) is -4.49. The topological polar surface area (TPSA) is 177 Å². The second-order valence-corrected chi connectivity index (χ2v) is 10.7. The fourth-order valence-corrected chi connectivity index (χ4v) is 3.98. The van der Waals surface area contributed by atoms with Gasteiger partial charge in [-0.2, -0.15) is 0 Å². The van der Waals surface area contributed by atoms with Crippen LogP contribution in [0.2, 0.25) is 0 Å². The van der Waals surface area contributed by atoms with Crippen molar-refractivity contribution in [3.8, 4) is 0 Å². The maximum Gasteiger partial charge on any atom is 0.290 e. The van der Waals surface area contributed by atoms with Crippen molar-refractivity contribution in [2.24, 2.45) is 5.73 Å². The van der Waals surface area contributed by atoms with Crippen molar-refractivity contribution in [3.63, 3.8) is 0 Å². The molecule has 0 saturated carbocycles. The van der Waals surface area contributed by atoms with Crippen molar-refractivity contribution in [2.75, 3.05) is 0 Å². The Hall–Kier alpha value is -4.54. The van der Waals surface area contributed by atoms with Gasteiger partial charge in [-0.3, -0.25) is 28.8 Å². The van der Waals surface area contributed by atoms with Crippen molar-refractivity contribution in [2.45, 2.75) is 83.5 Å². The third kappa shape index (κ3) is 10.8. The highest BCUT2D eigenvalue weighted by Crippen LogP contribution is 2.08. The van der Waals surface area contributed by atoms with E-state index in [1.807, 2.05) is 37.3 Å². The van der Waals surface area contributed by atoms with Crippen LogP contribution in [0.5, 0.6) is 0 Å². The van der Waals surface area contributed by atoms with Gasteiger partial charge in [0.25, 0.3) is 5.91 Å². The first-order chi connectivity index (χ1) is 19.8. The summed E-state index contributed by atoms with van der Waals surface area (Å²) in [5.41, 5.74) is 5.47. The lowest BCUT2D eigenvalue weighted by Crippen LogP contribution is -2.60. The van der Waals surface area contributed by atoms with Gasteiger partial charge in [-0.1, -0.05) is 74.0 Å². The summed E-state index contributed by atoms with van der Waals surface area (Å²) in [7, 11) is 0. The fraction of sp³-hybridized carbons (Fsp3) is 0.419. The maximum atomic E-state index is 13.2. The first kappa shape index (κ1) is 33.7. The molecule has 0 aliphatic carbocycles. The highest BCUT2D eigenvalue weighted by Gasteiger charge is 2.34. The van der Waals surface area contributed by atoms with Crippen LogP contribution in [0.15, 0.2) is 60.7 Å². The normalized spacial score (nSPS) is 13.1. The van der Waals surface area contributed by atoms with Crippen LogP contribution in [0.3, 0.4) is 0 Å². The number of ketones is 1. The smallest absolute Gasteiger partial charge is 0.290 e. The third-order valence-corrected chi connectivity index (χ3v) is 6.62. The van der Waals surface area contributed by atoms with E-state index in [0.717, 1.165) is 12.0 Å². The molecule has 0 aliphatic rings. The first-order valence-electron chi connectivity index (χ1n) is 14.0. The van der Waals surface area contributed by atoms with Crippen LogP contribution in [-0.4, -0.2) is 59.0 Å². The van der Waals surface area contributed by atoms with Gasteiger partial charge in [0.05, 0.1) is 6.04 Å². The van der Waals surface area contributed by atoms with E-state index in [0.29, 0.717) is 12.0 Å². The van der Waals surface area contributed by atoms with Crippen LogP contribution in [0, 0.1) is 0 Å². The number of nitrogens with two attached hydrogens (primary N) is 1. The molecule has 42 heavy (non-hydrogen) atoms. The number of carbonyl (C=O) groups is 6. The Morgan fingerprint density at radius 3 is 1.74 bits per heavy atom. The van der Waals surface area contributed by atoms with E-state index in [9.17, 15) is 28.8 Å². The molecule has 0 radical (unpaired) electrons. The summed E-state index contributed by atoms with van der Waals surface area (Å²) in [6.07, 6.45) is 1.95. The minimum Gasteiger partial charge on any atom is -0.368 e. The molecule has 5 amide bonds. The average Bonchev–Trinajstić information content (AvgIpc) is 2.95. The van der Waals surface area contributed by atoms with E-state index in [-0.39, 0.29) is 25.2 Å². The molecule has 2 aromatic rings. The van der Waals surface area contributed by atoms with Crippen LogP contribution in [-0.2, 0) is 41.6 Å². The Labute approximate surface area is 246 Å². The fourth-order valence-electron chi connectivity index (χ4n) is 3.98. The summed E-state index contributed by atoms with van der Waals surface area (Å²) in [6.45, 7) is 6.14. The van der Waals surface area contributed by atoms with E-state index in [1.54, 1.807) is 30.3 Å². The molecule has 11 heteroatoms. The second kappa shape index (κ2) is 16.0. The van der Waals surface area contributed by atoms with E-state index in [1.165, 1.54) is 20.8 Å². The molecule has 0 spiro atoms. The van der Waals surface area contributed by atoms with Crippen molar-refractivity contribution in [3.05, 3.63) is 71.8 Å². The highest BCUT2D eigenvalue weighted by molar-refractivity contribution is 6.38. The second-order valence-electron chi connectivity index (χ2n) is 10.7. The maximum absolute atomic E-state index is 13.2. The minimum atomic E-state index is -1.41. The van der Waals surface area contributed by atoms with Gasteiger partial charge in [-0.05, 0) is 38.3 Å². The summed E-state index contributed by atoms with van der Waals surface area (Å²) in [5, 5.41) is 10.2. The molecule has 11 nitrogen and oxygen atoms in total. The predicted molar refractivity (Wildman–Crippen MR) is 158 cm³/mol. The van der Waals surface area contributed by atoms with Gasteiger partial charge in [0.1, 0.15) is 17.6 Å². The van der Waals surface area contributed by atoms with Crippen LogP contribution in [0.25, 0.3) is 0 Å². The van der Waals surface area contributed by atoms with Crippen molar-refractivity contribution >= 4 is 35.3 Å². The zero-order valence-corrected chi connectivity index (χ0v) is 24.6. The number of benzene rings is 2. The molecule has 2 rings (SSSR count). The van der Waals surface area contributed by atoms with Gasteiger partial charge in [0.15, 0.2) is 0 Å². The zero-order valence-electron chi connectivity index (χ0n) is 24.6. The van der Waals surface area contributed by atoms with E-state index >= 15 is 0 Å². The lowest BCUT2D eigenvalue weighted by Gasteiger charge is -2.26. The van der Waals surface area contributed by atoms with Gasteiger partial charge in [-0.15, -0.1) is 0 Å². The Balaban J connectivity index is 2.14. The van der Waals surface area contributed by atoms with Gasteiger partial charge in [0, 0.05) is 19.3 Å². The molecule has 1 unspecified atom stereocenters. The number of hydrogen-bond acceptors (Lipinski definition) is 6. The van der Waals surface area contributed by atoms with Crippen LogP contribution < -0.4 is 27.0 Å². The van der Waals surface area contributed by atoms with Crippen LogP contribution in [0.4, 0.5) is 0 Å². The third-order valence-electron chi connectivity index (χ3n) is 6.62. The molecule has 0 heterocycles. The number of unbranched alkanes of at least 4 members (excludes halogenated alkanes) is 1. The molecule has 0 aliphatic heterocycles. The Bertz CT molecular complexity index is 1250. The molecule has 226 valence electrons. The van der Waals surface area contributed by atoms with Gasteiger partial charge < -0.3 is 27.0 Å². The number of Topliss-reactive ketones (excluding diaryl/α,β-unsaturated/α-hetero) is 1. The van der Waals surface area contributed by atoms with Crippen LogP contribution in [0.1, 0.15) is 58.1 Å². The van der Waals surface area contributed by atoms with Crippen molar-refractivity contribution < 1.29 is 28.8 Å². The van der Waals surface area contributed by atoms with Gasteiger partial charge in [-0.25, -0.2) is 0 Å². The van der Waals surface area contributed by atoms with Crippen molar-refractivity contribution in [1.29, 1.82) is 0 Å². The number of carbonyl (C=O) groups excluding carboxylic acids is 6. The molecule has 0 fully saturated rings. The number of hydrogen-bond donors (Lipinski definition) is 5. The SMILES string of the molecule is CCCCC(=O)N[C@@H](Cc1ccccc1)C(=O)NC(C)C(=O)C(=O)N[C@@H](Cc1ccccc1)C(=O)NC(C)(C)C(N)=O. The lowest BCUT2D eigenvalue weighted by molar-refractivity contribution is -0.141. The number of primary amides is 1. The molecular weight excluding hydrogens is 538 g/mol. The summed E-state index contributed by atoms with van der Waals surface area (Å²) in [6, 6.07) is 14.5. The molecule has 0 aromatic heterocycles. The molecule has 2 aromatic carbocycles. The number of amides is 5. The predicted octanol–water partition coefficient (Wildman–Crippen LogP) is 1.09. The summed E-state index contributed by atoms with van der Waals surface area (Å²) < 4.78 is 0. The van der Waals surface area contributed by atoms with E-state index in [4.69, 9.17) is 5.73 Å². The summed E-state index contributed by atoms with van der Waals surface area (Å²) in [4.78, 5) is 76.4. The standard InChI is InChI=1S/C31H41N5O6/c1-5-6-17-25(37)34-23(18-21-13-9-7-10-14-21)27(39)33-20(2)26(38)29(41)35-24(19-22-15-11-8-12-16-22)28(40)36-31(3,4)30(32)42/h7-16,20,23-24H,5-6,17-19H2,1-4H3,(H2,32,42)(H,33,39)(H,34,37)(H,35,41)(H,36,40)/t20?,23-,24-/m0/s1. The monoisotopic (exact) mass is 579 g/mol. The zero-order chi connectivity index (χ0) is 31.3. The van der Waals surface area contributed by atoms with Crippen molar-refractivity contribution in [1.82, 2.24) is 21.3 Å². The minimum absolute atomic E-state index is 0.0320. The average molecular weight is 580 g/mol. The molecule has 0 bridgehead atoms. The van der Waals surface area contributed by atoms with Crippen LogP contribution >= 0.6 is 0 Å². The van der Waals surface area contributed by atoms with Gasteiger partial charge >= 0.3 is 0 Å². The Kier molecular flexibility index (Phi) is 12.9. The molecule has 0 saturated heterocycles. The number of nitrogens with one attached hydrogen (secondary N) is 4. The molecular formula is C31H41N5O6. The van der Waals surface area contributed by atoms with E-state index in [2.05, 4.69) is 21.3 Å². The highest BCUT2D eigenvalue weighted by atomic mass is 16.2. The lowest BCUT2D eigenvalue weighted by atomic mass is 10.0. The van der Waals surface area contributed by atoms with E-state index < -0.39 is 53.1 Å². The Morgan fingerprint density at radius 2 is 1.26 bits per heavy atom. The van der Waals surface area contributed by atoms with Gasteiger partial charge in [0.2, 0.25) is 29.4 Å². The molecule has 6 N–H and O–H groups in total. The summed E-state index contributed by atoms with van der Waals surface area (Å²) >= 11 is 0. The Morgan fingerprint density at radius 1 is 0.762 bits per heavy atom. The molecule has 3 atom stereocenters. The first-order valence-corrected chi connectivity index (χ1v) is 14.0. The largest absolute Gasteiger partial charge is 0.368 e. The quantitative estimate of drug-likeness (QED) is 0.186.